The molecule has 0 amide bonds. The highest BCUT2D eigenvalue weighted by molar-refractivity contribution is 6.12. The maximum absolute atomic E-state index is 14.7. The van der Waals surface area contributed by atoms with Crippen molar-refractivity contribution < 1.29 is 13.2 Å². The predicted molar refractivity (Wildman–Crippen MR) is 289 cm³/mol. The van der Waals surface area contributed by atoms with E-state index in [0.717, 1.165) is 96.2 Å². The van der Waals surface area contributed by atoms with Gasteiger partial charge < -0.3 is 13.7 Å². The summed E-state index contributed by atoms with van der Waals surface area (Å²) in [6.07, 6.45) is 1.85. The third-order valence-corrected chi connectivity index (χ3v) is 14.4. The van der Waals surface area contributed by atoms with Crippen LogP contribution >= 0.6 is 0 Å². The number of alkyl halides is 3. The van der Waals surface area contributed by atoms with Crippen molar-refractivity contribution in [3.8, 4) is 62.4 Å². The molecule has 0 atom stereocenters. The van der Waals surface area contributed by atoms with Crippen molar-refractivity contribution >= 4 is 60.6 Å². The molecule has 73 heavy (non-hydrogen) atoms. The molecule has 0 saturated carbocycles. The minimum atomic E-state index is -4.58. The molecule has 0 unspecified atom stereocenters. The van der Waals surface area contributed by atoms with Gasteiger partial charge >= 0.3 is 6.18 Å². The molecule has 4 aromatic heterocycles. The topological polar surface area (TPSA) is 53.5 Å². The van der Waals surface area contributed by atoms with Gasteiger partial charge in [-0.25, -0.2) is 15.0 Å². The number of halogens is 3. The summed E-state index contributed by atoms with van der Waals surface area (Å²) >= 11 is 0. The number of aryl methyl sites for hydroxylation is 1. The fourth-order valence-electron chi connectivity index (χ4n) is 11.1. The van der Waals surface area contributed by atoms with E-state index in [9.17, 15) is 13.2 Å². The van der Waals surface area contributed by atoms with Gasteiger partial charge in [0.15, 0.2) is 17.5 Å². The molecule has 1 aliphatic carbocycles. The standard InChI is InChI=1S/C64H41F3N6/c65-64(66,67)43-21-15-20-42(36-43)54-37-44(32-35-53(54)63-69-61(40-16-3-1-4-17-40)68-62(70-63)41-18-5-2-6-19-41)73-59-38-45(71-55-26-11-7-22-47(55)48-23-8-12-27-56(48)71)30-33-51(59)52-34-31-46(39-60(52)73)72-57-28-13-9-24-49(57)50-25-10-14-29-58(50)72/h1-9,11-24,26-39H,10,25H2. The summed E-state index contributed by atoms with van der Waals surface area (Å²) in [6.45, 7) is 0. The first-order chi connectivity index (χ1) is 35.8. The monoisotopic (exact) mass is 950 g/mol. The first kappa shape index (κ1) is 42.5. The smallest absolute Gasteiger partial charge is 0.310 e. The molecule has 13 aromatic rings. The van der Waals surface area contributed by atoms with E-state index in [0.29, 0.717) is 34.2 Å². The first-order valence-electron chi connectivity index (χ1n) is 24.4. The maximum Gasteiger partial charge on any atom is 0.416 e. The summed E-state index contributed by atoms with van der Waals surface area (Å²) in [5.74, 6) is 1.23. The molecule has 0 spiro atoms. The van der Waals surface area contributed by atoms with Crippen molar-refractivity contribution in [2.75, 3.05) is 0 Å². The second-order valence-corrected chi connectivity index (χ2v) is 18.6. The number of rotatable bonds is 7. The molecule has 0 bridgehead atoms. The van der Waals surface area contributed by atoms with Crippen molar-refractivity contribution in [1.29, 1.82) is 0 Å². The SMILES string of the molecule is FC(F)(F)c1cccc(-c2cc(-n3c4cc(-n5c6c(c7ccccc75)CCC=C6)ccc4c4ccc(-n5c6ccccc6c6ccccc65)cc43)ccc2-c2nc(-c3ccccc3)nc(-c3ccccc3)n2)c1. The van der Waals surface area contributed by atoms with Crippen molar-refractivity contribution in [1.82, 2.24) is 28.7 Å². The van der Waals surface area contributed by atoms with E-state index >= 15 is 0 Å². The van der Waals surface area contributed by atoms with Gasteiger partial charge in [0.05, 0.1) is 33.1 Å². The Morgan fingerprint density at radius 1 is 0.370 bits per heavy atom. The van der Waals surface area contributed by atoms with Crippen LogP contribution < -0.4 is 0 Å². The van der Waals surface area contributed by atoms with Gasteiger partial charge in [0.2, 0.25) is 0 Å². The lowest BCUT2D eigenvalue weighted by Gasteiger charge is -2.17. The Balaban J connectivity index is 1.06. The summed E-state index contributed by atoms with van der Waals surface area (Å²) in [7, 11) is 0. The van der Waals surface area contributed by atoms with Crippen LogP contribution in [0, 0.1) is 0 Å². The Bertz CT molecular complexity index is 4260. The molecule has 348 valence electrons. The molecule has 14 rings (SSSR count). The quantitative estimate of drug-likeness (QED) is 0.160. The third-order valence-electron chi connectivity index (χ3n) is 14.4. The molecule has 1 aliphatic rings. The largest absolute Gasteiger partial charge is 0.416 e. The lowest BCUT2D eigenvalue weighted by molar-refractivity contribution is -0.137. The van der Waals surface area contributed by atoms with Crippen LogP contribution in [-0.2, 0) is 12.6 Å². The second kappa shape index (κ2) is 16.6. The third kappa shape index (κ3) is 6.99. The number of aromatic nitrogens is 6. The molecule has 0 radical (unpaired) electrons. The summed E-state index contributed by atoms with van der Waals surface area (Å²) in [5, 5.41) is 5.63. The highest BCUT2D eigenvalue weighted by atomic mass is 19.4. The van der Waals surface area contributed by atoms with Crippen LogP contribution in [0.15, 0.2) is 218 Å². The molecule has 0 saturated heterocycles. The number of allylic oxidation sites excluding steroid dienone is 1. The molecular formula is C64H41F3N6. The number of nitrogens with zero attached hydrogens (tertiary/aromatic N) is 6. The van der Waals surface area contributed by atoms with Crippen LogP contribution in [0.4, 0.5) is 13.2 Å². The van der Waals surface area contributed by atoms with Crippen LogP contribution in [-0.4, -0.2) is 28.7 Å². The highest BCUT2D eigenvalue weighted by Crippen LogP contribution is 2.43. The van der Waals surface area contributed by atoms with E-state index in [1.807, 2.05) is 78.9 Å². The minimum absolute atomic E-state index is 0.335. The number of hydrogen-bond donors (Lipinski definition) is 0. The summed E-state index contributed by atoms with van der Waals surface area (Å²) in [4.78, 5) is 15.1. The zero-order chi connectivity index (χ0) is 48.8. The Labute approximate surface area is 417 Å². The maximum atomic E-state index is 14.7. The predicted octanol–water partition coefficient (Wildman–Crippen LogP) is 16.7. The van der Waals surface area contributed by atoms with Crippen LogP contribution in [0.3, 0.4) is 0 Å². The van der Waals surface area contributed by atoms with Crippen LogP contribution in [0.5, 0.6) is 0 Å². The fourth-order valence-corrected chi connectivity index (χ4v) is 11.1. The van der Waals surface area contributed by atoms with Gasteiger partial charge in [-0.3, -0.25) is 0 Å². The minimum Gasteiger partial charge on any atom is -0.310 e. The fraction of sp³-hybridized carbons (Fsp3) is 0.0469. The lowest BCUT2D eigenvalue weighted by Crippen LogP contribution is -2.05. The molecule has 9 heteroatoms. The van der Waals surface area contributed by atoms with Crippen LogP contribution in [0.1, 0.15) is 23.2 Å². The van der Waals surface area contributed by atoms with Gasteiger partial charge in [-0.2, -0.15) is 13.2 Å². The van der Waals surface area contributed by atoms with Crippen molar-refractivity contribution in [3.05, 3.63) is 235 Å². The van der Waals surface area contributed by atoms with E-state index in [1.54, 1.807) is 6.07 Å². The normalized spacial score (nSPS) is 12.7. The van der Waals surface area contributed by atoms with Gasteiger partial charge in [0.1, 0.15) is 0 Å². The lowest BCUT2D eigenvalue weighted by atomic mass is 9.96. The summed E-state index contributed by atoms with van der Waals surface area (Å²) in [5.41, 5.74) is 12.7. The Kier molecular flexibility index (Phi) is 9.69. The van der Waals surface area contributed by atoms with E-state index in [1.165, 1.54) is 28.8 Å². The average molecular weight is 951 g/mol. The summed E-state index contributed by atoms with van der Waals surface area (Å²) in [6, 6.07) is 69.7. The second-order valence-electron chi connectivity index (χ2n) is 18.6. The van der Waals surface area contributed by atoms with E-state index in [4.69, 9.17) is 15.0 Å². The molecule has 0 fully saturated rings. The highest BCUT2D eigenvalue weighted by Gasteiger charge is 2.31. The van der Waals surface area contributed by atoms with Crippen molar-refractivity contribution in [3.63, 3.8) is 0 Å². The zero-order valence-corrected chi connectivity index (χ0v) is 39.1. The van der Waals surface area contributed by atoms with Crippen LogP contribution in [0.2, 0.25) is 0 Å². The van der Waals surface area contributed by atoms with Gasteiger partial charge in [-0.05, 0) is 108 Å². The summed E-state index contributed by atoms with van der Waals surface area (Å²) < 4.78 is 51.0. The molecular weight excluding hydrogens is 910 g/mol. The number of fused-ring (bicyclic) bond motifs is 9. The molecule has 4 heterocycles. The number of para-hydroxylation sites is 3. The Morgan fingerprint density at radius 3 is 1.47 bits per heavy atom. The molecule has 0 aliphatic heterocycles. The van der Waals surface area contributed by atoms with E-state index in [-0.39, 0.29) is 0 Å². The van der Waals surface area contributed by atoms with Crippen LogP contribution in [0.25, 0.3) is 123 Å². The first-order valence-corrected chi connectivity index (χ1v) is 24.4. The van der Waals surface area contributed by atoms with E-state index in [2.05, 4.69) is 135 Å². The van der Waals surface area contributed by atoms with Crippen molar-refractivity contribution in [2.45, 2.75) is 19.0 Å². The average Bonchev–Trinajstić information content (AvgIpc) is 4.08. The van der Waals surface area contributed by atoms with Gasteiger partial charge in [-0.15, -0.1) is 0 Å². The zero-order valence-electron chi connectivity index (χ0n) is 39.1. The van der Waals surface area contributed by atoms with Gasteiger partial charge in [0.25, 0.3) is 0 Å². The van der Waals surface area contributed by atoms with Gasteiger partial charge in [-0.1, -0.05) is 146 Å². The van der Waals surface area contributed by atoms with Gasteiger partial charge in [0, 0.05) is 66.4 Å². The van der Waals surface area contributed by atoms with Crippen molar-refractivity contribution in [2.24, 2.45) is 0 Å². The molecule has 6 nitrogen and oxygen atoms in total. The molecule has 0 N–H and O–H groups in total. The Morgan fingerprint density at radius 2 is 0.849 bits per heavy atom. The molecule has 9 aromatic carbocycles. The number of hydrogen-bond acceptors (Lipinski definition) is 3. The Hall–Kier alpha value is -9.34. The van der Waals surface area contributed by atoms with E-state index < -0.39 is 11.7 Å². The number of benzene rings is 9.